The van der Waals surface area contributed by atoms with Crippen molar-refractivity contribution in [2.45, 2.75) is 110 Å². The van der Waals surface area contributed by atoms with Gasteiger partial charge < -0.3 is 4.90 Å². The van der Waals surface area contributed by atoms with E-state index in [0.717, 1.165) is 29.3 Å². The Balaban J connectivity index is 1.30. The minimum absolute atomic E-state index is 0.144. The Labute approximate surface area is 219 Å². The van der Waals surface area contributed by atoms with Crippen LogP contribution in [0.1, 0.15) is 130 Å². The van der Waals surface area contributed by atoms with Gasteiger partial charge in [0.15, 0.2) is 0 Å². The molecule has 0 fully saturated rings. The minimum Gasteiger partial charge on any atom is -0.377 e. The molecule has 4 nitrogen and oxygen atoms in total. The first-order valence-electron chi connectivity index (χ1n) is 14.7. The lowest BCUT2D eigenvalue weighted by Crippen LogP contribution is -2.41. The highest BCUT2D eigenvalue weighted by Crippen LogP contribution is 2.35. The Morgan fingerprint density at radius 2 is 1.08 bits per heavy atom. The molecule has 0 saturated heterocycles. The molecule has 0 unspecified atom stereocenters. The Morgan fingerprint density at radius 3 is 1.58 bits per heavy atom. The van der Waals surface area contributed by atoms with Crippen LogP contribution in [-0.2, 0) is 0 Å². The molecule has 0 atom stereocenters. The molecular formula is C32H48N2O2. The van der Waals surface area contributed by atoms with Gasteiger partial charge in [-0.15, -0.1) is 0 Å². The number of hydrogen-bond donors (Lipinski definition) is 0. The summed E-state index contributed by atoms with van der Waals surface area (Å²) in [5.74, 6) is -0.287. The molecule has 1 aliphatic rings. The van der Waals surface area contributed by atoms with E-state index in [2.05, 4.69) is 6.92 Å². The number of anilines is 1. The fraction of sp³-hybridized carbons (Fsp3) is 0.625. The average molecular weight is 493 g/mol. The molecule has 4 heteroatoms. The van der Waals surface area contributed by atoms with E-state index in [1.54, 1.807) is 0 Å². The molecule has 2 amide bonds. The number of carbonyl (C=O) groups is 2. The van der Waals surface area contributed by atoms with Crippen molar-refractivity contribution in [2.24, 2.45) is 0 Å². The highest BCUT2D eigenvalue weighted by molar-refractivity contribution is 6.26. The van der Waals surface area contributed by atoms with Crippen LogP contribution in [0.15, 0.2) is 30.3 Å². The van der Waals surface area contributed by atoms with Gasteiger partial charge in [-0.3, -0.25) is 14.5 Å². The maximum Gasteiger partial charge on any atom is 0.261 e. The topological polar surface area (TPSA) is 40.6 Å². The number of amides is 2. The van der Waals surface area contributed by atoms with Crippen LogP contribution in [0, 0.1) is 0 Å². The monoisotopic (exact) mass is 492 g/mol. The fourth-order valence-corrected chi connectivity index (χ4v) is 5.54. The van der Waals surface area contributed by atoms with Gasteiger partial charge in [0.1, 0.15) is 0 Å². The largest absolute Gasteiger partial charge is 0.377 e. The maximum absolute atomic E-state index is 13.2. The third kappa shape index (κ3) is 7.57. The molecule has 0 radical (unpaired) electrons. The van der Waals surface area contributed by atoms with Crippen LogP contribution in [0.4, 0.5) is 5.69 Å². The maximum atomic E-state index is 13.2. The molecule has 2 aromatic rings. The SMILES string of the molecule is CCCCCCCCCCCCCCCCCCN1C(=O)c2cccc3c(N(C)C)ccc(c23)C1=O. The lowest BCUT2D eigenvalue weighted by Gasteiger charge is -2.28. The van der Waals surface area contributed by atoms with Crippen molar-refractivity contribution in [1.29, 1.82) is 0 Å². The summed E-state index contributed by atoms with van der Waals surface area (Å²) in [5.41, 5.74) is 2.34. The zero-order chi connectivity index (χ0) is 25.8. The van der Waals surface area contributed by atoms with Crippen molar-refractivity contribution in [3.05, 3.63) is 41.5 Å². The van der Waals surface area contributed by atoms with Crippen LogP contribution in [-0.4, -0.2) is 37.4 Å². The number of benzene rings is 2. The van der Waals surface area contributed by atoms with Crippen molar-refractivity contribution >= 4 is 28.3 Å². The van der Waals surface area contributed by atoms with Crippen molar-refractivity contribution < 1.29 is 9.59 Å². The summed E-state index contributed by atoms with van der Waals surface area (Å²) in [4.78, 5) is 29.9. The van der Waals surface area contributed by atoms with Gasteiger partial charge in [0.05, 0.1) is 0 Å². The number of hydrogen-bond acceptors (Lipinski definition) is 3. The number of nitrogens with zero attached hydrogens (tertiary/aromatic N) is 2. The fourth-order valence-electron chi connectivity index (χ4n) is 5.54. The Kier molecular flexibility index (Phi) is 11.8. The molecule has 1 heterocycles. The molecule has 3 rings (SSSR count). The first kappa shape index (κ1) is 28.2. The third-order valence-corrected chi connectivity index (χ3v) is 7.69. The number of imide groups is 1. The lowest BCUT2D eigenvalue weighted by molar-refractivity contribution is 0.0607. The summed E-state index contributed by atoms with van der Waals surface area (Å²) in [6.07, 6.45) is 21.1. The molecule has 0 aliphatic carbocycles. The van der Waals surface area contributed by atoms with Crippen molar-refractivity contribution in [1.82, 2.24) is 4.90 Å². The third-order valence-electron chi connectivity index (χ3n) is 7.69. The van der Waals surface area contributed by atoms with Crippen LogP contribution < -0.4 is 4.90 Å². The Hall–Kier alpha value is -2.36. The summed E-state index contributed by atoms with van der Waals surface area (Å²) in [7, 11) is 3.97. The van der Waals surface area contributed by atoms with Gasteiger partial charge in [0.2, 0.25) is 0 Å². The predicted octanol–water partition coefficient (Wildman–Crippen LogP) is 8.76. The normalized spacial score (nSPS) is 13.1. The average Bonchev–Trinajstić information content (AvgIpc) is 2.88. The van der Waals surface area contributed by atoms with Crippen molar-refractivity contribution in [3.8, 4) is 0 Å². The Bertz CT molecular complexity index is 959. The van der Waals surface area contributed by atoms with Gasteiger partial charge in [0, 0.05) is 48.2 Å². The molecule has 0 N–H and O–H groups in total. The minimum atomic E-state index is -0.144. The second-order valence-electron chi connectivity index (χ2n) is 10.8. The first-order chi connectivity index (χ1) is 17.6. The van der Waals surface area contributed by atoms with Crippen LogP contribution >= 0.6 is 0 Å². The van der Waals surface area contributed by atoms with Gasteiger partial charge in [-0.2, -0.15) is 0 Å². The second-order valence-corrected chi connectivity index (χ2v) is 10.8. The first-order valence-corrected chi connectivity index (χ1v) is 14.7. The quantitative estimate of drug-likeness (QED) is 0.154. The smallest absolute Gasteiger partial charge is 0.261 e. The summed E-state index contributed by atoms with van der Waals surface area (Å²) in [5, 5.41) is 1.78. The van der Waals surface area contributed by atoms with E-state index in [0.29, 0.717) is 17.7 Å². The van der Waals surface area contributed by atoms with Crippen LogP contribution in [0.25, 0.3) is 10.8 Å². The summed E-state index contributed by atoms with van der Waals surface area (Å²) in [6.45, 7) is 2.79. The highest BCUT2D eigenvalue weighted by atomic mass is 16.2. The van der Waals surface area contributed by atoms with E-state index in [1.807, 2.05) is 49.3 Å². The van der Waals surface area contributed by atoms with Gasteiger partial charge >= 0.3 is 0 Å². The van der Waals surface area contributed by atoms with Gasteiger partial charge in [0.25, 0.3) is 11.8 Å². The molecule has 1 aliphatic heterocycles. The second kappa shape index (κ2) is 15.0. The standard InChI is InChI=1S/C32H48N2O2/c1-4-5-6-7-8-9-10-11-12-13-14-15-16-17-18-19-25-34-31(35)27-22-20-21-26-29(33(2)3)24-23-28(30(26)27)32(34)36/h20-24H,4-19,25H2,1-3H3. The molecular weight excluding hydrogens is 444 g/mol. The molecule has 0 spiro atoms. The van der Waals surface area contributed by atoms with Crippen LogP contribution in [0.2, 0.25) is 0 Å². The molecule has 198 valence electrons. The number of unbranched alkanes of at least 4 members (excludes halogenated alkanes) is 15. The van der Waals surface area contributed by atoms with E-state index < -0.39 is 0 Å². The number of carbonyl (C=O) groups excluding carboxylic acids is 2. The van der Waals surface area contributed by atoms with Crippen molar-refractivity contribution in [3.63, 3.8) is 0 Å². The predicted molar refractivity (Wildman–Crippen MR) is 153 cm³/mol. The van der Waals surface area contributed by atoms with E-state index in [4.69, 9.17) is 0 Å². The summed E-state index contributed by atoms with van der Waals surface area (Å²) < 4.78 is 0. The summed E-state index contributed by atoms with van der Waals surface area (Å²) in [6, 6.07) is 9.66. The highest BCUT2D eigenvalue weighted by Gasteiger charge is 2.32. The van der Waals surface area contributed by atoms with Gasteiger partial charge in [-0.25, -0.2) is 0 Å². The zero-order valence-corrected chi connectivity index (χ0v) is 23.1. The molecule has 0 aromatic heterocycles. The number of rotatable bonds is 18. The summed E-state index contributed by atoms with van der Waals surface area (Å²) >= 11 is 0. The van der Waals surface area contributed by atoms with Gasteiger partial charge in [-0.1, -0.05) is 115 Å². The van der Waals surface area contributed by atoms with E-state index in [9.17, 15) is 9.59 Å². The lowest BCUT2D eigenvalue weighted by atomic mass is 9.92. The van der Waals surface area contributed by atoms with Crippen molar-refractivity contribution in [2.75, 3.05) is 25.5 Å². The molecule has 36 heavy (non-hydrogen) atoms. The van der Waals surface area contributed by atoms with Gasteiger partial charge in [-0.05, 0) is 24.6 Å². The molecule has 0 bridgehead atoms. The molecule has 2 aromatic carbocycles. The van der Waals surface area contributed by atoms with E-state index in [-0.39, 0.29) is 11.8 Å². The molecule has 0 saturated carbocycles. The zero-order valence-electron chi connectivity index (χ0n) is 23.1. The van der Waals surface area contributed by atoms with E-state index >= 15 is 0 Å². The van der Waals surface area contributed by atoms with Crippen LogP contribution in [0.3, 0.4) is 0 Å². The van der Waals surface area contributed by atoms with Crippen LogP contribution in [0.5, 0.6) is 0 Å². The van der Waals surface area contributed by atoms with E-state index in [1.165, 1.54) is 94.8 Å². The Morgan fingerprint density at radius 1 is 0.611 bits per heavy atom.